The average molecular weight is 383 g/mol. The quantitative estimate of drug-likeness (QED) is 0.542. The molecule has 0 unspecified atom stereocenters. The van der Waals surface area contributed by atoms with Crippen LogP contribution >= 0.6 is 0 Å². The molecule has 0 spiro atoms. The van der Waals surface area contributed by atoms with E-state index in [0.29, 0.717) is 13.0 Å². The van der Waals surface area contributed by atoms with Crippen molar-refractivity contribution in [2.24, 2.45) is 0 Å². The minimum atomic E-state index is 0.168. The average Bonchev–Trinajstić information content (AvgIpc) is 3.42. The van der Waals surface area contributed by atoms with E-state index in [4.69, 9.17) is 10.1 Å². The van der Waals surface area contributed by atoms with E-state index in [0.717, 1.165) is 41.1 Å². The number of nitrogens with zero attached hydrogens (tertiary/aromatic N) is 5. The third-order valence-corrected chi connectivity index (χ3v) is 5.45. The van der Waals surface area contributed by atoms with Crippen molar-refractivity contribution in [1.82, 2.24) is 24.5 Å². The van der Waals surface area contributed by atoms with E-state index in [2.05, 4.69) is 4.98 Å². The number of carbonyl (C=O) groups is 1. The SMILES string of the molecule is O=C(Cc1ccccc1)N1CC[C@H](c2nc3ccc(-c4cccnc4)cn3n2)C1. The molecule has 6 heteroatoms. The highest BCUT2D eigenvalue weighted by Gasteiger charge is 2.30. The van der Waals surface area contributed by atoms with E-state index in [1.54, 1.807) is 6.20 Å². The fourth-order valence-corrected chi connectivity index (χ4v) is 3.86. The van der Waals surface area contributed by atoms with Crippen LogP contribution in [0.25, 0.3) is 16.8 Å². The van der Waals surface area contributed by atoms with Gasteiger partial charge in [-0.1, -0.05) is 36.4 Å². The van der Waals surface area contributed by atoms with E-state index < -0.39 is 0 Å². The molecule has 0 saturated carbocycles. The maximum Gasteiger partial charge on any atom is 0.227 e. The van der Waals surface area contributed by atoms with Gasteiger partial charge in [-0.25, -0.2) is 9.50 Å². The predicted octanol–water partition coefficient (Wildman–Crippen LogP) is 3.35. The lowest BCUT2D eigenvalue weighted by molar-refractivity contribution is -0.129. The molecular weight excluding hydrogens is 362 g/mol. The van der Waals surface area contributed by atoms with Gasteiger partial charge in [0.2, 0.25) is 5.91 Å². The molecule has 0 aliphatic carbocycles. The Kier molecular flexibility index (Phi) is 4.52. The van der Waals surface area contributed by atoms with Crippen molar-refractivity contribution < 1.29 is 4.79 Å². The van der Waals surface area contributed by atoms with Crippen LogP contribution in [0.5, 0.6) is 0 Å². The van der Waals surface area contributed by atoms with E-state index in [9.17, 15) is 4.79 Å². The number of aromatic nitrogens is 4. The zero-order valence-electron chi connectivity index (χ0n) is 16.0. The molecule has 1 atom stereocenters. The molecule has 6 nitrogen and oxygen atoms in total. The summed E-state index contributed by atoms with van der Waals surface area (Å²) >= 11 is 0. The van der Waals surface area contributed by atoms with Crippen molar-refractivity contribution in [1.29, 1.82) is 0 Å². The number of amides is 1. The molecule has 0 bridgehead atoms. The van der Waals surface area contributed by atoms with Crippen LogP contribution in [-0.4, -0.2) is 43.5 Å². The minimum Gasteiger partial charge on any atom is -0.342 e. The Bertz CT molecular complexity index is 1140. The number of fused-ring (bicyclic) bond motifs is 1. The van der Waals surface area contributed by atoms with Gasteiger partial charge in [-0.15, -0.1) is 0 Å². The Morgan fingerprint density at radius 3 is 2.76 bits per heavy atom. The molecule has 1 fully saturated rings. The molecule has 1 aromatic carbocycles. The van der Waals surface area contributed by atoms with E-state index in [-0.39, 0.29) is 11.8 Å². The molecular formula is C23H21N5O. The first-order chi connectivity index (χ1) is 14.3. The van der Waals surface area contributed by atoms with E-state index in [1.807, 2.05) is 76.4 Å². The minimum absolute atomic E-state index is 0.168. The zero-order valence-corrected chi connectivity index (χ0v) is 16.0. The second-order valence-electron chi connectivity index (χ2n) is 7.42. The third kappa shape index (κ3) is 3.61. The summed E-state index contributed by atoms with van der Waals surface area (Å²) in [6.45, 7) is 1.44. The second-order valence-corrected chi connectivity index (χ2v) is 7.42. The maximum absolute atomic E-state index is 12.6. The van der Waals surface area contributed by atoms with Crippen molar-refractivity contribution in [2.75, 3.05) is 13.1 Å². The van der Waals surface area contributed by atoms with Gasteiger partial charge in [-0.2, -0.15) is 5.10 Å². The van der Waals surface area contributed by atoms with Gasteiger partial charge < -0.3 is 4.90 Å². The lowest BCUT2D eigenvalue weighted by Crippen LogP contribution is -2.29. The van der Waals surface area contributed by atoms with Crippen molar-refractivity contribution in [2.45, 2.75) is 18.8 Å². The largest absolute Gasteiger partial charge is 0.342 e. The fourth-order valence-electron chi connectivity index (χ4n) is 3.86. The summed E-state index contributed by atoms with van der Waals surface area (Å²) in [7, 11) is 0. The number of pyridine rings is 2. The van der Waals surface area contributed by atoms with E-state index in [1.165, 1.54) is 0 Å². The van der Waals surface area contributed by atoms with Gasteiger partial charge in [0.05, 0.1) is 6.42 Å². The summed E-state index contributed by atoms with van der Waals surface area (Å²) in [5.41, 5.74) is 3.97. The lowest BCUT2D eigenvalue weighted by atomic mass is 10.1. The van der Waals surface area contributed by atoms with Gasteiger partial charge in [0.1, 0.15) is 0 Å². The number of carbonyl (C=O) groups excluding carboxylic acids is 1. The molecule has 3 aromatic heterocycles. The molecule has 144 valence electrons. The monoisotopic (exact) mass is 383 g/mol. The first-order valence-electron chi connectivity index (χ1n) is 9.85. The molecule has 4 aromatic rings. The summed E-state index contributed by atoms with van der Waals surface area (Å²) in [6.07, 6.45) is 6.93. The first kappa shape index (κ1) is 17.6. The third-order valence-electron chi connectivity index (χ3n) is 5.45. The number of rotatable bonds is 4. The van der Waals surface area contributed by atoms with E-state index >= 15 is 0 Å². The topological polar surface area (TPSA) is 63.4 Å². The molecule has 1 saturated heterocycles. The molecule has 4 heterocycles. The first-order valence-corrected chi connectivity index (χ1v) is 9.85. The van der Waals surface area contributed by atoms with Gasteiger partial charge in [0.15, 0.2) is 11.5 Å². The summed E-state index contributed by atoms with van der Waals surface area (Å²) < 4.78 is 1.83. The van der Waals surface area contributed by atoms with Gasteiger partial charge >= 0.3 is 0 Å². The Hall–Kier alpha value is -3.54. The van der Waals surface area contributed by atoms with Gasteiger partial charge in [0.25, 0.3) is 0 Å². The van der Waals surface area contributed by atoms with Gasteiger partial charge in [0, 0.05) is 48.7 Å². The molecule has 1 amide bonds. The Morgan fingerprint density at radius 2 is 1.93 bits per heavy atom. The van der Waals surface area contributed by atoms with Crippen LogP contribution < -0.4 is 0 Å². The number of hydrogen-bond donors (Lipinski definition) is 0. The van der Waals surface area contributed by atoms with Crippen LogP contribution in [0.4, 0.5) is 0 Å². The van der Waals surface area contributed by atoms with Crippen LogP contribution in [0.1, 0.15) is 23.7 Å². The molecule has 0 N–H and O–H groups in total. The highest BCUT2D eigenvalue weighted by atomic mass is 16.2. The number of benzene rings is 1. The van der Waals surface area contributed by atoms with Crippen molar-refractivity contribution in [3.63, 3.8) is 0 Å². The Morgan fingerprint density at radius 1 is 1.03 bits per heavy atom. The molecule has 1 aliphatic heterocycles. The zero-order chi connectivity index (χ0) is 19.6. The lowest BCUT2D eigenvalue weighted by Gasteiger charge is -2.15. The molecule has 5 rings (SSSR count). The van der Waals surface area contributed by atoms with Crippen LogP contribution in [0.15, 0.2) is 73.2 Å². The van der Waals surface area contributed by atoms with Crippen molar-refractivity contribution >= 4 is 11.6 Å². The van der Waals surface area contributed by atoms with Crippen molar-refractivity contribution in [3.8, 4) is 11.1 Å². The molecule has 0 radical (unpaired) electrons. The van der Waals surface area contributed by atoms with Crippen LogP contribution in [0, 0.1) is 0 Å². The number of hydrogen-bond acceptors (Lipinski definition) is 4. The van der Waals surface area contributed by atoms with Crippen molar-refractivity contribution in [3.05, 3.63) is 84.6 Å². The molecule has 29 heavy (non-hydrogen) atoms. The summed E-state index contributed by atoms with van der Waals surface area (Å²) in [6, 6.07) is 17.9. The maximum atomic E-state index is 12.6. The highest BCUT2D eigenvalue weighted by Crippen LogP contribution is 2.26. The smallest absolute Gasteiger partial charge is 0.227 e. The normalized spacial score (nSPS) is 16.4. The highest BCUT2D eigenvalue weighted by molar-refractivity contribution is 5.79. The standard InChI is InChI=1S/C23H21N5O/c29-22(13-17-5-2-1-3-6-17)27-12-10-20(15-27)23-25-21-9-8-19(16-28(21)26-23)18-7-4-11-24-14-18/h1-9,11,14,16,20H,10,12-13,15H2/t20-/m0/s1. The second kappa shape index (κ2) is 7.47. The summed E-state index contributed by atoms with van der Waals surface area (Å²) in [5.74, 6) is 1.15. The fraction of sp³-hybridized carbons (Fsp3) is 0.217. The molecule has 1 aliphatic rings. The Balaban J connectivity index is 1.32. The van der Waals surface area contributed by atoms with Crippen LogP contribution in [0.2, 0.25) is 0 Å². The van der Waals surface area contributed by atoms with Gasteiger partial charge in [-0.05, 0) is 30.2 Å². The van der Waals surface area contributed by atoms with Crippen LogP contribution in [-0.2, 0) is 11.2 Å². The Labute approximate surface area is 168 Å². The predicted molar refractivity (Wildman–Crippen MR) is 110 cm³/mol. The van der Waals surface area contributed by atoms with Crippen LogP contribution in [0.3, 0.4) is 0 Å². The van der Waals surface area contributed by atoms with Gasteiger partial charge in [-0.3, -0.25) is 9.78 Å². The summed E-state index contributed by atoms with van der Waals surface area (Å²) in [4.78, 5) is 23.5. The number of likely N-dealkylation sites (tertiary alicyclic amines) is 1. The summed E-state index contributed by atoms with van der Waals surface area (Å²) in [5, 5.41) is 4.71.